The van der Waals surface area contributed by atoms with Gasteiger partial charge in [-0.1, -0.05) is 47.5 Å². The molecule has 0 aromatic heterocycles. The van der Waals surface area contributed by atoms with Crippen molar-refractivity contribution in [1.82, 2.24) is 5.43 Å². The summed E-state index contributed by atoms with van der Waals surface area (Å²) in [7, 11) is 1.50. The van der Waals surface area contributed by atoms with Gasteiger partial charge in [0.05, 0.1) is 18.9 Å². The van der Waals surface area contributed by atoms with Gasteiger partial charge in [-0.25, -0.2) is 5.43 Å². The quantitative estimate of drug-likeness (QED) is 0.407. The predicted octanol–water partition coefficient (Wildman–Crippen LogP) is 5.34. The number of hydrogen-bond donors (Lipinski definition) is 1. The molecule has 0 bridgehead atoms. The van der Waals surface area contributed by atoms with Crippen LogP contribution in [0.4, 0.5) is 0 Å². The molecule has 3 aromatic carbocycles. The number of rotatable bonds is 7. The number of methoxy groups -OCH3 is 1. The van der Waals surface area contributed by atoms with E-state index in [4.69, 9.17) is 32.7 Å². The fourth-order valence-electron chi connectivity index (χ4n) is 2.59. The van der Waals surface area contributed by atoms with E-state index in [2.05, 4.69) is 10.5 Å². The molecule has 0 saturated heterocycles. The summed E-state index contributed by atoms with van der Waals surface area (Å²) in [5.74, 6) is 0.653. The molecule has 148 valence electrons. The maximum atomic E-state index is 12.3. The summed E-state index contributed by atoms with van der Waals surface area (Å²) in [5.41, 5.74) is 4.42. The van der Waals surface area contributed by atoms with Crippen LogP contribution in [0.25, 0.3) is 0 Å². The number of nitrogens with one attached hydrogen (secondary N) is 1. The first kappa shape index (κ1) is 20.7. The van der Waals surface area contributed by atoms with E-state index in [1.807, 2.05) is 18.2 Å². The van der Waals surface area contributed by atoms with Gasteiger partial charge in [-0.3, -0.25) is 4.79 Å². The first-order valence-electron chi connectivity index (χ1n) is 8.70. The van der Waals surface area contributed by atoms with Crippen molar-refractivity contribution in [3.05, 3.63) is 93.5 Å². The Morgan fingerprint density at radius 3 is 2.59 bits per heavy atom. The van der Waals surface area contributed by atoms with Gasteiger partial charge in [-0.05, 0) is 48.0 Å². The third-order valence-corrected chi connectivity index (χ3v) is 4.45. The zero-order valence-corrected chi connectivity index (χ0v) is 17.1. The molecule has 0 heterocycles. The molecule has 0 atom stereocenters. The standard InChI is InChI=1S/C22H18Cl2N2O3/c1-28-21-8-3-2-7-19(21)22(27)26-25-13-16-12-18(24)9-10-20(16)29-14-15-5-4-6-17(23)11-15/h2-13H,14H2,1H3,(H,26,27)/b25-13-. The van der Waals surface area contributed by atoms with Crippen molar-refractivity contribution in [3.8, 4) is 11.5 Å². The summed E-state index contributed by atoms with van der Waals surface area (Å²) >= 11 is 12.1. The molecule has 0 fully saturated rings. The molecule has 1 N–H and O–H groups in total. The summed E-state index contributed by atoms with van der Waals surface area (Å²) in [4.78, 5) is 12.3. The van der Waals surface area contributed by atoms with Crippen LogP contribution in [-0.4, -0.2) is 19.2 Å². The minimum atomic E-state index is -0.387. The van der Waals surface area contributed by atoms with E-state index in [1.165, 1.54) is 13.3 Å². The first-order chi connectivity index (χ1) is 14.1. The molecule has 0 saturated carbocycles. The van der Waals surface area contributed by atoms with Crippen LogP contribution in [-0.2, 0) is 6.61 Å². The average Bonchev–Trinajstić information content (AvgIpc) is 2.73. The van der Waals surface area contributed by atoms with E-state index in [0.29, 0.717) is 39.3 Å². The minimum absolute atomic E-state index is 0.330. The highest BCUT2D eigenvalue weighted by Crippen LogP contribution is 2.23. The van der Waals surface area contributed by atoms with Gasteiger partial charge in [0.1, 0.15) is 18.1 Å². The Balaban J connectivity index is 1.71. The third-order valence-electron chi connectivity index (χ3n) is 3.98. The lowest BCUT2D eigenvalue weighted by atomic mass is 10.2. The molecule has 0 aliphatic carbocycles. The maximum absolute atomic E-state index is 12.3. The summed E-state index contributed by atoms with van der Waals surface area (Å²) in [6.45, 7) is 0.330. The van der Waals surface area contributed by atoms with E-state index in [0.717, 1.165) is 5.56 Å². The Labute approximate surface area is 178 Å². The number of carbonyl (C=O) groups is 1. The van der Waals surface area contributed by atoms with Crippen LogP contribution in [0, 0.1) is 0 Å². The summed E-state index contributed by atoms with van der Waals surface area (Å²) in [6, 6.07) is 19.5. The number of hydrazone groups is 1. The van der Waals surface area contributed by atoms with Gasteiger partial charge in [0.2, 0.25) is 0 Å². The Kier molecular flexibility index (Phi) is 7.11. The number of amides is 1. The lowest BCUT2D eigenvalue weighted by Crippen LogP contribution is -2.18. The van der Waals surface area contributed by atoms with Crippen LogP contribution < -0.4 is 14.9 Å². The van der Waals surface area contributed by atoms with Crippen LogP contribution in [0.15, 0.2) is 71.8 Å². The van der Waals surface area contributed by atoms with Gasteiger partial charge in [0, 0.05) is 15.6 Å². The number of carbonyl (C=O) groups excluding carboxylic acids is 1. The highest BCUT2D eigenvalue weighted by molar-refractivity contribution is 6.31. The van der Waals surface area contributed by atoms with Crippen molar-refractivity contribution in [2.24, 2.45) is 5.10 Å². The molecule has 0 unspecified atom stereocenters. The maximum Gasteiger partial charge on any atom is 0.275 e. The molecule has 0 radical (unpaired) electrons. The van der Waals surface area contributed by atoms with Gasteiger partial charge in [-0.2, -0.15) is 5.10 Å². The number of hydrogen-bond acceptors (Lipinski definition) is 4. The van der Waals surface area contributed by atoms with Gasteiger partial charge < -0.3 is 9.47 Å². The molecule has 0 spiro atoms. The molecule has 0 aliphatic heterocycles. The Morgan fingerprint density at radius 1 is 1.00 bits per heavy atom. The second-order valence-electron chi connectivity index (χ2n) is 6.00. The third kappa shape index (κ3) is 5.73. The molecule has 3 aromatic rings. The van der Waals surface area contributed by atoms with Crippen molar-refractivity contribution >= 4 is 35.3 Å². The molecule has 1 amide bonds. The molecule has 5 nitrogen and oxygen atoms in total. The molecule has 7 heteroatoms. The van der Waals surface area contributed by atoms with Crippen LogP contribution in [0.1, 0.15) is 21.5 Å². The van der Waals surface area contributed by atoms with E-state index >= 15 is 0 Å². The Hall–Kier alpha value is -3.02. The van der Waals surface area contributed by atoms with Crippen LogP contribution in [0.5, 0.6) is 11.5 Å². The number of ether oxygens (including phenoxy) is 2. The van der Waals surface area contributed by atoms with Crippen molar-refractivity contribution in [3.63, 3.8) is 0 Å². The molecular formula is C22H18Cl2N2O3. The summed E-state index contributed by atoms with van der Waals surface area (Å²) < 4.78 is 11.1. The van der Waals surface area contributed by atoms with Crippen molar-refractivity contribution in [2.75, 3.05) is 7.11 Å². The van der Waals surface area contributed by atoms with E-state index in [1.54, 1.807) is 48.5 Å². The zero-order chi connectivity index (χ0) is 20.6. The smallest absolute Gasteiger partial charge is 0.275 e. The number of benzene rings is 3. The topological polar surface area (TPSA) is 59.9 Å². The highest BCUT2D eigenvalue weighted by Gasteiger charge is 2.10. The lowest BCUT2D eigenvalue weighted by molar-refractivity contribution is 0.0952. The Bertz CT molecular complexity index is 1040. The highest BCUT2D eigenvalue weighted by atomic mass is 35.5. The SMILES string of the molecule is COc1ccccc1C(=O)N/N=C\c1cc(Cl)ccc1OCc1cccc(Cl)c1. The van der Waals surface area contributed by atoms with Gasteiger partial charge in [-0.15, -0.1) is 0 Å². The fourth-order valence-corrected chi connectivity index (χ4v) is 2.99. The van der Waals surface area contributed by atoms with Crippen molar-refractivity contribution in [2.45, 2.75) is 6.61 Å². The van der Waals surface area contributed by atoms with Crippen molar-refractivity contribution < 1.29 is 14.3 Å². The van der Waals surface area contributed by atoms with Gasteiger partial charge in [0.15, 0.2) is 0 Å². The van der Waals surface area contributed by atoms with Crippen molar-refractivity contribution in [1.29, 1.82) is 0 Å². The molecular weight excluding hydrogens is 411 g/mol. The first-order valence-corrected chi connectivity index (χ1v) is 9.45. The second-order valence-corrected chi connectivity index (χ2v) is 6.87. The average molecular weight is 429 g/mol. The van der Waals surface area contributed by atoms with E-state index < -0.39 is 0 Å². The predicted molar refractivity (Wildman–Crippen MR) is 115 cm³/mol. The second kappa shape index (κ2) is 9.96. The van der Waals surface area contributed by atoms with Gasteiger partial charge >= 0.3 is 0 Å². The van der Waals surface area contributed by atoms with E-state index in [-0.39, 0.29) is 5.91 Å². The number of para-hydroxylation sites is 1. The lowest BCUT2D eigenvalue weighted by Gasteiger charge is -2.10. The van der Waals surface area contributed by atoms with E-state index in [9.17, 15) is 4.79 Å². The largest absolute Gasteiger partial charge is 0.496 e. The number of nitrogens with zero attached hydrogens (tertiary/aromatic N) is 1. The van der Waals surface area contributed by atoms with Gasteiger partial charge in [0.25, 0.3) is 5.91 Å². The Morgan fingerprint density at radius 2 is 1.79 bits per heavy atom. The van der Waals surface area contributed by atoms with Crippen LogP contribution >= 0.6 is 23.2 Å². The number of halogens is 2. The summed E-state index contributed by atoms with van der Waals surface area (Å²) in [6.07, 6.45) is 1.48. The summed E-state index contributed by atoms with van der Waals surface area (Å²) in [5, 5.41) is 5.19. The minimum Gasteiger partial charge on any atom is -0.496 e. The van der Waals surface area contributed by atoms with Crippen LogP contribution in [0.3, 0.4) is 0 Å². The fraction of sp³-hybridized carbons (Fsp3) is 0.0909. The molecule has 0 aliphatic rings. The van der Waals surface area contributed by atoms with Crippen LogP contribution in [0.2, 0.25) is 10.0 Å². The normalized spacial score (nSPS) is 10.7. The molecule has 29 heavy (non-hydrogen) atoms. The zero-order valence-electron chi connectivity index (χ0n) is 15.6. The monoisotopic (exact) mass is 428 g/mol. The molecule has 3 rings (SSSR count).